The zero-order valence-corrected chi connectivity index (χ0v) is 11.3. The Kier molecular flexibility index (Phi) is 6.81. The van der Waals surface area contributed by atoms with E-state index < -0.39 is 0 Å². The minimum Gasteiger partial charge on any atom is -0.396 e. The number of benzene rings is 1. The van der Waals surface area contributed by atoms with Crippen molar-refractivity contribution in [2.45, 2.75) is 24.3 Å². The average Bonchev–Trinajstić information content (AvgIpc) is 2.36. The smallest absolute Gasteiger partial charge is 0.138 e. The van der Waals surface area contributed by atoms with E-state index in [0.29, 0.717) is 10.8 Å². The molecule has 1 aromatic rings. The van der Waals surface area contributed by atoms with Crippen LogP contribution >= 0.6 is 11.8 Å². The maximum atomic E-state index is 13.4. The Bertz CT molecular complexity index is 439. The zero-order chi connectivity index (χ0) is 13.4. The first-order valence-electron chi connectivity index (χ1n) is 5.87. The summed E-state index contributed by atoms with van der Waals surface area (Å²) in [6, 6.07) is 4.96. The Morgan fingerprint density at radius 1 is 1.50 bits per heavy atom. The van der Waals surface area contributed by atoms with Crippen molar-refractivity contribution in [3.63, 3.8) is 0 Å². The van der Waals surface area contributed by atoms with E-state index in [1.54, 1.807) is 23.9 Å². The van der Waals surface area contributed by atoms with Crippen molar-refractivity contribution in [3.8, 4) is 11.8 Å². The maximum absolute atomic E-state index is 13.4. The van der Waals surface area contributed by atoms with E-state index in [2.05, 4.69) is 18.8 Å². The van der Waals surface area contributed by atoms with Crippen molar-refractivity contribution in [2.24, 2.45) is 5.73 Å². The molecule has 0 aliphatic carbocycles. The number of thioether (sulfide) groups is 1. The second-order valence-corrected chi connectivity index (χ2v) is 5.38. The Labute approximate surface area is 112 Å². The van der Waals surface area contributed by atoms with Crippen molar-refractivity contribution in [2.75, 3.05) is 13.2 Å². The van der Waals surface area contributed by atoms with E-state index in [-0.39, 0.29) is 19.0 Å². The topological polar surface area (TPSA) is 46.2 Å². The van der Waals surface area contributed by atoms with Gasteiger partial charge in [-0.05, 0) is 24.1 Å². The molecular formula is C14H18FNOS. The molecule has 0 aliphatic rings. The number of halogens is 1. The summed E-state index contributed by atoms with van der Waals surface area (Å²) in [4.78, 5) is 0. The molecule has 3 N–H and O–H groups in total. The lowest BCUT2D eigenvalue weighted by Crippen LogP contribution is -2.00. The highest BCUT2D eigenvalue weighted by Gasteiger charge is 2.05. The zero-order valence-electron chi connectivity index (χ0n) is 10.4. The molecule has 0 heterocycles. The van der Waals surface area contributed by atoms with Crippen LogP contribution in [0.3, 0.4) is 0 Å². The predicted molar refractivity (Wildman–Crippen MR) is 74.8 cm³/mol. The van der Waals surface area contributed by atoms with E-state index in [4.69, 9.17) is 10.8 Å². The number of nitrogens with two attached hydrogens (primary N) is 1. The van der Waals surface area contributed by atoms with Crippen LogP contribution in [0.4, 0.5) is 4.39 Å². The fourth-order valence-corrected chi connectivity index (χ4v) is 2.34. The number of hydrogen-bond donors (Lipinski definition) is 2. The van der Waals surface area contributed by atoms with Gasteiger partial charge in [0.2, 0.25) is 0 Å². The SMILES string of the molecule is CC(CCO)SCc1ccc(F)c(C#CCN)c1. The van der Waals surface area contributed by atoms with Gasteiger partial charge in [0.05, 0.1) is 12.1 Å². The highest BCUT2D eigenvalue weighted by molar-refractivity contribution is 7.99. The minimum atomic E-state index is -0.312. The molecule has 0 bridgehead atoms. The number of aliphatic hydroxyl groups excluding tert-OH is 1. The first-order chi connectivity index (χ1) is 8.67. The molecule has 18 heavy (non-hydrogen) atoms. The summed E-state index contributed by atoms with van der Waals surface area (Å²) >= 11 is 1.74. The largest absolute Gasteiger partial charge is 0.396 e. The number of rotatable bonds is 5. The van der Waals surface area contributed by atoms with Gasteiger partial charge < -0.3 is 10.8 Å². The van der Waals surface area contributed by atoms with Crippen LogP contribution < -0.4 is 5.73 Å². The van der Waals surface area contributed by atoms with Gasteiger partial charge in [0.25, 0.3) is 0 Å². The van der Waals surface area contributed by atoms with Crippen LogP contribution in [-0.4, -0.2) is 23.5 Å². The van der Waals surface area contributed by atoms with Crippen molar-refractivity contribution < 1.29 is 9.50 Å². The molecule has 0 radical (unpaired) electrons. The first kappa shape index (κ1) is 15.0. The second kappa shape index (κ2) is 8.15. The highest BCUT2D eigenvalue weighted by atomic mass is 32.2. The lowest BCUT2D eigenvalue weighted by molar-refractivity contribution is 0.289. The van der Waals surface area contributed by atoms with Gasteiger partial charge in [0, 0.05) is 17.6 Å². The van der Waals surface area contributed by atoms with Crippen LogP contribution in [0.25, 0.3) is 0 Å². The van der Waals surface area contributed by atoms with Gasteiger partial charge in [-0.2, -0.15) is 11.8 Å². The monoisotopic (exact) mass is 267 g/mol. The van der Waals surface area contributed by atoms with Crippen LogP contribution in [0.15, 0.2) is 18.2 Å². The van der Waals surface area contributed by atoms with E-state index in [0.717, 1.165) is 17.7 Å². The van der Waals surface area contributed by atoms with Crippen LogP contribution in [0.2, 0.25) is 0 Å². The van der Waals surface area contributed by atoms with Crippen LogP contribution in [-0.2, 0) is 5.75 Å². The van der Waals surface area contributed by atoms with Gasteiger partial charge >= 0.3 is 0 Å². The molecule has 0 amide bonds. The summed E-state index contributed by atoms with van der Waals surface area (Å²) in [6.45, 7) is 2.50. The molecule has 0 aromatic heterocycles. The number of aliphatic hydroxyl groups is 1. The quantitative estimate of drug-likeness (QED) is 0.804. The molecule has 1 rings (SSSR count). The Hall–Kier alpha value is -1.02. The average molecular weight is 267 g/mol. The van der Waals surface area contributed by atoms with E-state index in [9.17, 15) is 4.39 Å². The number of hydrogen-bond acceptors (Lipinski definition) is 3. The summed E-state index contributed by atoms with van der Waals surface area (Å²) in [7, 11) is 0. The molecule has 2 nitrogen and oxygen atoms in total. The molecule has 1 aromatic carbocycles. The minimum absolute atomic E-state index is 0.199. The van der Waals surface area contributed by atoms with Crippen molar-refractivity contribution in [1.29, 1.82) is 0 Å². The third-order valence-electron chi connectivity index (χ3n) is 2.43. The molecule has 98 valence electrons. The third kappa shape index (κ3) is 5.09. The summed E-state index contributed by atoms with van der Waals surface area (Å²) in [5.74, 6) is 5.86. The Balaban J connectivity index is 2.67. The van der Waals surface area contributed by atoms with Gasteiger partial charge in [0.15, 0.2) is 0 Å². The fourth-order valence-electron chi connectivity index (χ4n) is 1.41. The third-order valence-corrected chi connectivity index (χ3v) is 3.73. The van der Waals surface area contributed by atoms with Gasteiger partial charge in [-0.3, -0.25) is 0 Å². The molecule has 0 saturated heterocycles. The maximum Gasteiger partial charge on any atom is 0.138 e. The molecular weight excluding hydrogens is 249 g/mol. The molecule has 0 saturated carbocycles. The van der Waals surface area contributed by atoms with Gasteiger partial charge in [0.1, 0.15) is 5.82 Å². The summed E-state index contributed by atoms with van der Waals surface area (Å²) in [5.41, 5.74) is 6.70. The lowest BCUT2D eigenvalue weighted by atomic mass is 10.1. The van der Waals surface area contributed by atoms with Crippen LogP contribution in [0.1, 0.15) is 24.5 Å². The van der Waals surface area contributed by atoms with Crippen LogP contribution in [0, 0.1) is 17.7 Å². The van der Waals surface area contributed by atoms with E-state index in [1.807, 2.05) is 0 Å². The Morgan fingerprint density at radius 3 is 2.94 bits per heavy atom. The summed E-state index contributed by atoms with van der Waals surface area (Å²) in [5, 5.41) is 9.21. The van der Waals surface area contributed by atoms with Crippen LogP contribution in [0.5, 0.6) is 0 Å². The standard InChI is InChI=1S/C14H18FNOS/c1-11(6-8-17)18-10-12-4-5-14(15)13(9-12)3-2-7-16/h4-5,9,11,17H,6-8,10,16H2,1H3. The second-order valence-electron chi connectivity index (χ2n) is 3.95. The predicted octanol–water partition coefficient (Wildman–Crippen LogP) is 2.14. The van der Waals surface area contributed by atoms with Crippen molar-refractivity contribution >= 4 is 11.8 Å². The first-order valence-corrected chi connectivity index (χ1v) is 6.92. The summed E-state index contributed by atoms with van der Waals surface area (Å²) in [6.07, 6.45) is 0.770. The molecule has 0 spiro atoms. The normalized spacial score (nSPS) is 11.8. The lowest BCUT2D eigenvalue weighted by Gasteiger charge is -2.09. The van der Waals surface area contributed by atoms with E-state index >= 15 is 0 Å². The molecule has 1 atom stereocenters. The molecule has 0 aliphatic heterocycles. The Morgan fingerprint density at radius 2 is 2.28 bits per heavy atom. The fraction of sp³-hybridized carbons (Fsp3) is 0.429. The van der Waals surface area contributed by atoms with Gasteiger partial charge in [-0.25, -0.2) is 4.39 Å². The van der Waals surface area contributed by atoms with E-state index in [1.165, 1.54) is 6.07 Å². The molecule has 4 heteroatoms. The van der Waals surface area contributed by atoms with Crippen molar-refractivity contribution in [1.82, 2.24) is 0 Å². The van der Waals surface area contributed by atoms with Gasteiger partial charge in [-0.1, -0.05) is 24.8 Å². The molecule has 0 fully saturated rings. The highest BCUT2D eigenvalue weighted by Crippen LogP contribution is 2.21. The molecule has 1 unspecified atom stereocenters. The van der Waals surface area contributed by atoms with Crippen molar-refractivity contribution in [3.05, 3.63) is 35.1 Å². The van der Waals surface area contributed by atoms with Gasteiger partial charge in [-0.15, -0.1) is 0 Å². The summed E-state index contributed by atoms with van der Waals surface area (Å²) < 4.78 is 13.4.